The van der Waals surface area contributed by atoms with Crippen LogP contribution in [0.1, 0.15) is 23.8 Å². The van der Waals surface area contributed by atoms with Crippen LogP contribution >= 0.6 is 11.8 Å². The van der Waals surface area contributed by atoms with Crippen molar-refractivity contribution in [2.75, 3.05) is 19.4 Å². The third kappa shape index (κ3) is 4.25. The van der Waals surface area contributed by atoms with Gasteiger partial charge in [0.15, 0.2) is 17.5 Å². The Morgan fingerprint density at radius 2 is 2.12 bits per heavy atom. The summed E-state index contributed by atoms with van der Waals surface area (Å²) in [4.78, 5) is 39.3. The lowest BCUT2D eigenvalue weighted by Gasteiger charge is -2.06. The first-order valence-corrected chi connectivity index (χ1v) is 8.55. The van der Waals surface area contributed by atoms with Crippen molar-refractivity contribution in [3.05, 3.63) is 30.1 Å². The molecule has 0 aliphatic heterocycles. The molecule has 0 saturated heterocycles. The highest BCUT2D eigenvalue weighted by atomic mass is 32.2. The number of esters is 1. The quantitative estimate of drug-likeness (QED) is 0.604. The number of amides is 3. The van der Waals surface area contributed by atoms with Gasteiger partial charge in [-0.05, 0) is 24.8 Å². The lowest BCUT2D eigenvalue weighted by Crippen LogP contribution is -2.41. The average Bonchev–Trinajstić information content (AvgIpc) is 2.97. The number of nitrogens with one attached hydrogen (secondary N) is 2. The molecule has 8 nitrogen and oxygen atoms in total. The molecule has 3 amide bonds. The second-order valence-corrected chi connectivity index (χ2v) is 5.56. The Bertz CT molecular complexity index is 759. The van der Waals surface area contributed by atoms with E-state index in [9.17, 15) is 14.4 Å². The van der Waals surface area contributed by atoms with E-state index in [1.165, 1.54) is 11.8 Å². The number of imide groups is 1. The summed E-state index contributed by atoms with van der Waals surface area (Å²) in [6.07, 6.45) is 4.39. The van der Waals surface area contributed by atoms with Gasteiger partial charge in [0.05, 0.1) is 5.52 Å². The van der Waals surface area contributed by atoms with Crippen LogP contribution in [0.25, 0.3) is 5.52 Å². The SMILES string of the molecule is CCCNC(=O)NC(=O)COC(=O)c1nc(SC)n2ccccc12. The normalized spacial score (nSPS) is 10.4. The second kappa shape index (κ2) is 8.34. The third-order valence-electron chi connectivity index (χ3n) is 3.01. The topological polar surface area (TPSA) is 102 Å². The van der Waals surface area contributed by atoms with E-state index in [0.29, 0.717) is 17.2 Å². The van der Waals surface area contributed by atoms with E-state index in [-0.39, 0.29) is 5.69 Å². The van der Waals surface area contributed by atoms with Gasteiger partial charge in [-0.2, -0.15) is 0 Å². The molecule has 0 atom stereocenters. The van der Waals surface area contributed by atoms with Gasteiger partial charge in [0.1, 0.15) is 0 Å². The maximum absolute atomic E-state index is 12.2. The van der Waals surface area contributed by atoms with Crippen molar-refractivity contribution in [3.63, 3.8) is 0 Å². The number of aromatic nitrogens is 2. The molecule has 0 saturated carbocycles. The molecule has 9 heteroatoms. The van der Waals surface area contributed by atoms with Crippen LogP contribution in [0.2, 0.25) is 0 Å². The van der Waals surface area contributed by atoms with Gasteiger partial charge < -0.3 is 10.1 Å². The lowest BCUT2D eigenvalue weighted by molar-refractivity contribution is -0.123. The Morgan fingerprint density at radius 1 is 1.33 bits per heavy atom. The zero-order chi connectivity index (χ0) is 17.5. The molecule has 2 heterocycles. The molecular weight excluding hydrogens is 332 g/mol. The van der Waals surface area contributed by atoms with Gasteiger partial charge in [-0.1, -0.05) is 24.8 Å². The minimum Gasteiger partial charge on any atom is -0.451 e. The number of rotatable bonds is 6. The maximum atomic E-state index is 12.2. The van der Waals surface area contributed by atoms with Crippen molar-refractivity contribution in [1.29, 1.82) is 0 Å². The number of carbonyl (C=O) groups is 3. The van der Waals surface area contributed by atoms with Crippen molar-refractivity contribution in [3.8, 4) is 0 Å². The molecule has 2 aromatic heterocycles. The summed E-state index contributed by atoms with van der Waals surface area (Å²) >= 11 is 1.39. The highest BCUT2D eigenvalue weighted by Crippen LogP contribution is 2.20. The molecule has 0 spiro atoms. The van der Waals surface area contributed by atoms with Gasteiger partial charge >= 0.3 is 12.0 Å². The molecule has 0 aliphatic rings. The predicted octanol–water partition coefficient (Wildman–Crippen LogP) is 1.45. The number of thioether (sulfide) groups is 1. The number of carbonyl (C=O) groups excluding carboxylic acids is 3. The Kier molecular flexibility index (Phi) is 6.19. The molecule has 128 valence electrons. The number of imidazole rings is 1. The molecule has 2 rings (SSSR count). The molecule has 2 aromatic rings. The molecule has 0 aromatic carbocycles. The number of urea groups is 1. The fraction of sp³-hybridized carbons (Fsp3) is 0.333. The fourth-order valence-electron chi connectivity index (χ4n) is 1.95. The monoisotopic (exact) mass is 350 g/mol. The summed E-state index contributed by atoms with van der Waals surface area (Å²) in [6.45, 7) is 1.79. The zero-order valence-electron chi connectivity index (χ0n) is 13.4. The first kappa shape index (κ1) is 17.8. The molecule has 0 unspecified atom stereocenters. The van der Waals surface area contributed by atoms with Crippen LogP contribution in [-0.4, -0.2) is 46.7 Å². The number of fused-ring (bicyclic) bond motifs is 1. The first-order valence-electron chi connectivity index (χ1n) is 7.32. The van der Waals surface area contributed by atoms with Crippen molar-refractivity contribution >= 4 is 35.2 Å². The van der Waals surface area contributed by atoms with Crippen LogP contribution in [0, 0.1) is 0 Å². The Balaban J connectivity index is 1.98. The molecular formula is C15H18N4O4S. The van der Waals surface area contributed by atoms with E-state index in [2.05, 4.69) is 15.6 Å². The van der Waals surface area contributed by atoms with Crippen LogP contribution in [-0.2, 0) is 9.53 Å². The largest absolute Gasteiger partial charge is 0.451 e. The molecule has 0 fully saturated rings. The number of ether oxygens (including phenoxy) is 1. The number of pyridine rings is 1. The minimum absolute atomic E-state index is 0.128. The maximum Gasteiger partial charge on any atom is 0.359 e. The number of hydrogen-bond donors (Lipinski definition) is 2. The van der Waals surface area contributed by atoms with Crippen molar-refractivity contribution < 1.29 is 19.1 Å². The van der Waals surface area contributed by atoms with Gasteiger partial charge in [0.2, 0.25) is 0 Å². The van der Waals surface area contributed by atoms with Crippen LogP contribution in [0.5, 0.6) is 0 Å². The summed E-state index contributed by atoms with van der Waals surface area (Å²) < 4.78 is 6.71. The van der Waals surface area contributed by atoms with E-state index in [1.807, 2.05) is 19.2 Å². The smallest absolute Gasteiger partial charge is 0.359 e. The summed E-state index contributed by atoms with van der Waals surface area (Å²) in [5.41, 5.74) is 0.719. The molecule has 0 bridgehead atoms. The molecule has 2 N–H and O–H groups in total. The van der Waals surface area contributed by atoms with Crippen molar-refractivity contribution in [2.45, 2.75) is 18.5 Å². The van der Waals surface area contributed by atoms with Gasteiger partial charge in [-0.15, -0.1) is 0 Å². The zero-order valence-corrected chi connectivity index (χ0v) is 14.2. The fourth-order valence-corrected chi connectivity index (χ4v) is 2.49. The van der Waals surface area contributed by atoms with E-state index in [1.54, 1.807) is 22.7 Å². The minimum atomic E-state index is -0.719. The summed E-state index contributed by atoms with van der Waals surface area (Å²) in [7, 11) is 0. The summed E-state index contributed by atoms with van der Waals surface area (Å²) in [5, 5.41) is 5.21. The van der Waals surface area contributed by atoms with Crippen LogP contribution in [0.4, 0.5) is 4.79 Å². The molecule has 24 heavy (non-hydrogen) atoms. The molecule has 0 aliphatic carbocycles. The van der Waals surface area contributed by atoms with Crippen LogP contribution in [0.15, 0.2) is 29.6 Å². The Labute approximate surface area is 143 Å². The standard InChI is InChI=1S/C15H18N4O4S/c1-3-7-16-14(22)17-11(20)9-23-13(21)12-10-6-4-5-8-19(10)15(18-12)24-2/h4-6,8H,3,7,9H2,1-2H3,(H2,16,17,20,22). The summed E-state index contributed by atoms with van der Waals surface area (Å²) in [5.74, 6) is -1.42. The number of hydrogen-bond acceptors (Lipinski definition) is 6. The van der Waals surface area contributed by atoms with E-state index < -0.39 is 24.5 Å². The Morgan fingerprint density at radius 3 is 2.83 bits per heavy atom. The highest BCUT2D eigenvalue weighted by molar-refractivity contribution is 7.98. The van der Waals surface area contributed by atoms with Crippen molar-refractivity contribution in [2.24, 2.45) is 0 Å². The van der Waals surface area contributed by atoms with Crippen molar-refractivity contribution in [1.82, 2.24) is 20.0 Å². The molecule has 0 radical (unpaired) electrons. The predicted molar refractivity (Wildman–Crippen MR) is 89.1 cm³/mol. The van der Waals surface area contributed by atoms with Crippen LogP contribution < -0.4 is 10.6 Å². The van der Waals surface area contributed by atoms with Gasteiger partial charge in [0.25, 0.3) is 5.91 Å². The van der Waals surface area contributed by atoms with E-state index in [0.717, 1.165) is 6.42 Å². The number of nitrogens with zero attached hydrogens (tertiary/aromatic N) is 2. The lowest BCUT2D eigenvalue weighted by atomic mass is 10.3. The van der Waals surface area contributed by atoms with Gasteiger partial charge in [0, 0.05) is 12.7 Å². The highest BCUT2D eigenvalue weighted by Gasteiger charge is 2.19. The van der Waals surface area contributed by atoms with E-state index >= 15 is 0 Å². The average molecular weight is 350 g/mol. The van der Waals surface area contributed by atoms with Gasteiger partial charge in [-0.3, -0.25) is 14.5 Å². The first-order chi connectivity index (χ1) is 11.6. The Hall–Kier alpha value is -2.55. The summed E-state index contributed by atoms with van der Waals surface area (Å²) in [6, 6.07) is 4.73. The second-order valence-electron chi connectivity index (χ2n) is 4.78. The third-order valence-corrected chi connectivity index (χ3v) is 3.67. The van der Waals surface area contributed by atoms with Gasteiger partial charge in [-0.25, -0.2) is 14.6 Å². The van der Waals surface area contributed by atoms with E-state index in [4.69, 9.17) is 4.74 Å². The van der Waals surface area contributed by atoms with Crippen LogP contribution in [0.3, 0.4) is 0 Å².